The molecule has 0 aromatic heterocycles. The zero-order valence-corrected chi connectivity index (χ0v) is 5.99. The molecule has 0 spiro atoms. The Bertz CT molecular complexity index is 39.8. The maximum atomic E-state index is 3.10. The lowest BCUT2D eigenvalue weighted by atomic mass is 10.2. The molecule has 0 aliphatic rings. The highest BCUT2D eigenvalue weighted by Crippen LogP contribution is 1.91. The summed E-state index contributed by atoms with van der Waals surface area (Å²) in [5.41, 5.74) is 6.00. The molecule has 0 fully saturated rings. The number of hydrazine groups is 1. The van der Waals surface area contributed by atoms with E-state index < -0.39 is 0 Å². The summed E-state index contributed by atoms with van der Waals surface area (Å²) in [7, 11) is 1.90. The van der Waals surface area contributed by atoms with Crippen LogP contribution in [0.5, 0.6) is 0 Å². The van der Waals surface area contributed by atoms with Gasteiger partial charge in [0.15, 0.2) is 0 Å². The first-order valence-electron chi connectivity index (χ1n) is 3.23. The molecule has 0 rings (SSSR count). The standard InChI is InChI=1S/C6H16N2/c1-4-5-6(2)8-7-3/h6-8H,4-5H2,1-3H3. The van der Waals surface area contributed by atoms with Crippen LogP contribution in [0.1, 0.15) is 26.7 Å². The van der Waals surface area contributed by atoms with E-state index in [2.05, 4.69) is 24.7 Å². The predicted molar refractivity (Wildman–Crippen MR) is 36.6 cm³/mol. The number of nitrogens with one attached hydrogen (secondary N) is 2. The van der Waals surface area contributed by atoms with Crippen molar-refractivity contribution in [2.45, 2.75) is 32.7 Å². The molecule has 2 heteroatoms. The van der Waals surface area contributed by atoms with E-state index in [1.54, 1.807) is 0 Å². The Morgan fingerprint density at radius 2 is 2.12 bits per heavy atom. The summed E-state index contributed by atoms with van der Waals surface area (Å²) in [6, 6.07) is 0.602. The molecular weight excluding hydrogens is 100 g/mol. The topological polar surface area (TPSA) is 24.1 Å². The van der Waals surface area contributed by atoms with Gasteiger partial charge in [-0.05, 0) is 20.4 Å². The molecular formula is C6H16N2. The zero-order chi connectivity index (χ0) is 6.41. The van der Waals surface area contributed by atoms with Crippen LogP contribution in [0.25, 0.3) is 0 Å². The Hall–Kier alpha value is -0.0800. The van der Waals surface area contributed by atoms with Gasteiger partial charge in [-0.25, -0.2) is 0 Å². The fourth-order valence-electron chi connectivity index (χ4n) is 0.752. The third-order valence-electron chi connectivity index (χ3n) is 1.11. The average Bonchev–Trinajstić information content (AvgIpc) is 1.68. The first kappa shape index (κ1) is 7.92. The average molecular weight is 116 g/mol. The van der Waals surface area contributed by atoms with Crippen molar-refractivity contribution in [2.24, 2.45) is 0 Å². The third kappa shape index (κ3) is 4.09. The molecule has 50 valence electrons. The van der Waals surface area contributed by atoms with Crippen LogP contribution in [0.3, 0.4) is 0 Å². The monoisotopic (exact) mass is 116 g/mol. The molecule has 0 radical (unpaired) electrons. The highest BCUT2D eigenvalue weighted by molar-refractivity contribution is 4.52. The van der Waals surface area contributed by atoms with E-state index in [1.165, 1.54) is 12.8 Å². The van der Waals surface area contributed by atoms with Crippen LogP contribution in [0.2, 0.25) is 0 Å². The lowest BCUT2D eigenvalue weighted by molar-refractivity contribution is 0.459. The largest absolute Gasteiger partial charge is 0.261 e. The van der Waals surface area contributed by atoms with Crippen LogP contribution in [0.15, 0.2) is 0 Å². The second-order valence-electron chi connectivity index (χ2n) is 2.08. The predicted octanol–water partition coefficient (Wildman–Crippen LogP) is 0.899. The van der Waals surface area contributed by atoms with E-state index in [0.29, 0.717) is 6.04 Å². The molecule has 0 aromatic rings. The van der Waals surface area contributed by atoms with Gasteiger partial charge in [0.2, 0.25) is 0 Å². The van der Waals surface area contributed by atoms with E-state index >= 15 is 0 Å². The van der Waals surface area contributed by atoms with Crippen LogP contribution >= 0.6 is 0 Å². The van der Waals surface area contributed by atoms with Crippen molar-refractivity contribution >= 4 is 0 Å². The summed E-state index contributed by atoms with van der Waals surface area (Å²) in [6.07, 6.45) is 2.48. The van der Waals surface area contributed by atoms with Gasteiger partial charge in [-0.1, -0.05) is 13.3 Å². The summed E-state index contributed by atoms with van der Waals surface area (Å²) in [6.45, 7) is 4.36. The molecule has 2 N–H and O–H groups in total. The van der Waals surface area contributed by atoms with Crippen LogP contribution in [0.4, 0.5) is 0 Å². The Balaban J connectivity index is 2.92. The molecule has 0 saturated heterocycles. The van der Waals surface area contributed by atoms with Gasteiger partial charge in [0.25, 0.3) is 0 Å². The molecule has 1 atom stereocenters. The Morgan fingerprint density at radius 1 is 1.50 bits per heavy atom. The molecule has 8 heavy (non-hydrogen) atoms. The first-order valence-corrected chi connectivity index (χ1v) is 3.23. The summed E-state index contributed by atoms with van der Waals surface area (Å²) in [4.78, 5) is 0. The van der Waals surface area contributed by atoms with Crippen molar-refractivity contribution in [1.82, 2.24) is 10.9 Å². The Labute approximate surface area is 51.6 Å². The second kappa shape index (κ2) is 5.06. The number of hydrogen-bond acceptors (Lipinski definition) is 2. The molecule has 0 heterocycles. The third-order valence-corrected chi connectivity index (χ3v) is 1.11. The van der Waals surface area contributed by atoms with Gasteiger partial charge in [0, 0.05) is 6.04 Å². The summed E-state index contributed by atoms with van der Waals surface area (Å²) in [5.74, 6) is 0. The van der Waals surface area contributed by atoms with Crippen LogP contribution < -0.4 is 10.9 Å². The Kier molecular flexibility index (Phi) is 5.01. The molecule has 0 aliphatic heterocycles. The minimum atomic E-state index is 0.602. The van der Waals surface area contributed by atoms with Crippen molar-refractivity contribution in [3.63, 3.8) is 0 Å². The van der Waals surface area contributed by atoms with Crippen molar-refractivity contribution < 1.29 is 0 Å². The van der Waals surface area contributed by atoms with Crippen molar-refractivity contribution in [3.05, 3.63) is 0 Å². The van der Waals surface area contributed by atoms with Gasteiger partial charge in [-0.15, -0.1) is 0 Å². The van der Waals surface area contributed by atoms with Gasteiger partial charge in [-0.2, -0.15) is 0 Å². The van der Waals surface area contributed by atoms with Crippen molar-refractivity contribution in [2.75, 3.05) is 7.05 Å². The summed E-state index contributed by atoms with van der Waals surface area (Å²) >= 11 is 0. The maximum absolute atomic E-state index is 3.10. The van der Waals surface area contributed by atoms with E-state index in [0.717, 1.165) is 0 Å². The minimum Gasteiger partial charge on any atom is -0.261 e. The van der Waals surface area contributed by atoms with Crippen molar-refractivity contribution in [1.29, 1.82) is 0 Å². The molecule has 0 bridgehead atoms. The molecule has 2 nitrogen and oxygen atoms in total. The van der Waals surface area contributed by atoms with Gasteiger partial charge in [-0.3, -0.25) is 10.9 Å². The smallest absolute Gasteiger partial charge is 0.0184 e. The highest BCUT2D eigenvalue weighted by atomic mass is 15.3. The molecule has 0 aliphatic carbocycles. The lowest BCUT2D eigenvalue weighted by Gasteiger charge is -2.09. The normalized spacial score (nSPS) is 13.9. The highest BCUT2D eigenvalue weighted by Gasteiger charge is 1.93. The van der Waals surface area contributed by atoms with E-state index in [9.17, 15) is 0 Å². The minimum absolute atomic E-state index is 0.602. The fourth-order valence-corrected chi connectivity index (χ4v) is 0.752. The van der Waals surface area contributed by atoms with Gasteiger partial charge < -0.3 is 0 Å². The van der Waals surface area contributed by atoms with Crippen LogP contribution in [0, 0.1) is 0 Å². The lowest BCUT2D eigenvalue weighted by Crippen LogP contribution is -2.35. The number of hydrogen-bond donors (Lipinski definition) is 2. The van der Waals surface area contributed by atoms with E-state index in [1.807, 2.05) is 7.05 Å². The Morgan fingerprint density at radius 3 is 2.50 bits per heavy atom. The molecule has 0 aromatic carbocycles. The number of rotatable bonds is 4. The van der Waals surface area contributed by atoms with Gasteiger partial charge in [0.05, 0.1) is 0 Å². The summed E-state index contributed by atoms with van der Waals surface area (Å²) in [5, 5.41) is 0. The second-order valence-corrected chi connectivity index (χ2v) is 2.08. The van der Waals surface area contributed by atoms with Gasteiger partial charge in [0.1, 0.15) is 0 Å². The summed E-state index contributed by atoms with van der Waals surface area (Å²) < 4.78 is 0. The maximum Gasteiger partial charge on any atom is 0.0184 e. The molecule has 0 saturated carbocycles. The quantitative estimate of drug-likeness (QED) is 0.533. The van der Waals surface area contributed by atoms with E-state index in [-0.39, 0.29) is 0 Å². The van der Waals surface area contributed by atoms with Crippen LogP contribution in [-0.2, 0) is 0 Å². The van der Waals surface area contributed by atoms with Crippen molar-refractivity contribution in [3.8, 4) is 0 Å². The fraction of sp³-hybridized carbons (Fsp3) is 1.00. The molecule has 0 amide bonds. The first-order chi connectivity index (χ1) is 3.81. The molecule has 1 unspecified atom stereocenters. The zero-order valence-electron chi connectivity index (χ0n) is 5.99. The van der Waals surface area contributed by atoms with Crippen LogP contribution in [-0.4, -0.2) is 13.1 Å². The van der Waals surface area contributed by atoms with E-state index in [4.69, 9.17) is 0 Å². The SMILES string of the molecule is CCCC(C)NNC. The van der Waals surface area contributed by atoms with Gasteiger partial charge >= 0.3 is 0 Å².